The molecule has 0 N–H and O–H groups in total. The minimum absolute atomic E-state index is 0.502. The van der Waals surface area contributed by atoms with Crippen molar-refractivity contribution in [3.05, 3.63) is 156 Å². The molecule has 0 unspecified atom stereocenters. The molecule has 2 aliphatic rings. The molecule has 1 spiro atoms. The Kier molecular flexibility index (Phi) is 3.98. The van der Waals surface area contributed by atoms with Gasteiger partial charge in [-0.25, -0.2) is 0 Å². The quantitative estimate of drug-likeness (QED) is 0.272. The van der Waals surface area contributed by atoms with E-state index in [9.17, 15) is 0 Å². The molecule has 0 saturated carbocycles. The Hall–Kier alpha value is -4.36. The summed E-state index contributed by atoms with van der Waals surface area (Å²) < 4.78 is 6.86. The second-order valence-electron chi connectivity index (χ2n) is 8.92. The maximum Gasteiger partial charge on any atom is 0.140 e. The topological polar surface area (TPSA) is 9.23 Å². The highest BCUT2D eigenvalue weighted by Gasteiger charge is 2.51. The van der Waals surface area contributed by atoms with Gasteiger partial charge in [0.1, 0.15) is 11.5 Å². The van der Waals surface area contributed by atoms with E-state index in [-0.39, 0.29) is 0 Å². The lowest BCUT2D eigenvalue weighted by atomic mass is 9.65. The standard InChI is InChI=1S/C33H22O/c1-2-27-31(23-13-4-3-5-14-23)34-32-24-15-7-6-12-22(24)20-21-30(32)33(27)28-18-10-8-16-25(28)26-17-9-11-19-29(26)33/h2-21H,1H2. The van der Waals surface area contributed by atoms with Crippen LogP contribution in [0.15, 0.2) is 133 Å². The molecule has 1 aliphatic heterocycles. The third kappa shape index (κ3) is 2.34. The van der Waals surface area contributed by atoms with Crippen molar-refractivity contribution in [2.24, 2.45) is 0 Å². The monoisotopic (exact) mass is 434 g/mol. The molecule has 0 radical (unpaired) electrons. The number of benzene rings is 5. The summed E-state index contributed by atoms with van der Waals surface area (Å²) in [6, 6.07) is 40.9. The number of rotatable bonds is 2. The van der Waals surface area contributed by atoms with Crippen LogP contribution in [0.4, 0.5) is 0 Å². The average Bonchev–Trinajstić information content (AvgIpc) is 3.20. The Labute approximate surface area is 199 Å². The van der Waals surface area contributed by atoms with Gasteiger partial charge in [-0.05, 0) is 27.6 Å². The van der Waals surface area contributed by atoms with Gasteiger partial charge in [-0.1, -0.05) is 128 Å². The Morgan fingerprint density at radius 2 is 1.21 bits per heavy atom. The molecule has 1 heterocycles. The van der Waals surface area contributed by atoms with Gasteiger partial charge in [0.25, 0.3) is 0 Å². The van der Waals surface area contributed by atoms with E-state index in [1.165, 1.54) is 27.6 Å². The zero-order chi connectivity index (χ0) is 22.7. The summed E-state index contributed by atoms with van der Waals surface area (Å²) >= 11 is 0. The van der Waals surface area contributed by atoms with Gasteiger partial charge in [0.05, 0.1) is 5.41 Å². The third-order valence-electron chi connectivity index (χ3n) is 7.33. The summed E-state index contributed by atoms with van der Waals surface area (Å²) in [7, 11) is 0. The van der Waals surface area contributed by atoms with Gasteiger partial charge in [-0.15, -0.1) is 0 Å². The highest BCUT2D eigenvalue weighted by atomic mass is 16.5. The third-order valence-corrected chi connectivity index (χ3v) is 7.33. The first-order chi connectivity index (χ1) is 16.8. The van der Waals surface area contributed by atoms with Crippen molar-refractivity contribution in [1.82, 2.24) is 0 Å². The van der Waals surface area contributed by atoms with E-state index in [1.807, 2.05) is 12.1 Å². The molecule has 0 fully saturated rings. The van der Waals surface area contributed by atoms with Crippen molar-refractivity contribution < 1.29 is 4.74 Å². The second-order valence-corrected chi connectivity index (χ2v) is 8.92. The van der Waals surface area contributed by atoms with Crippen LogP contribution in [0.1, 0.15) is 22.3 Å². The lowest BCUT2D eigenvalue weighted by Crippen LogP contribution is -2.34. The molecule has 34 heavy (non-hydrogen) atoms. The molecule has 5 aromatic rings. The molecule has 0 saturated heterocycles. The Balaban J connectivity index is 1.71. The van der Waals surface area contributed by atoms with Crippen LogP contribution in [-0.2, 0) is 5.41 Å². The van der Waals surface area contributed by atoms with Crippen LogP contribution in [0.2, 0.25) is 0 Å². The summed E-state index contributed by atoms with van der Waals surface area (Å²) in [6.45, 7) is 4.32. The fraction of sp³-hybridized carbons (Fsp3) is 0.0303. The van der Waals surface area contributed by atoms with Crippen LogP contribution in [0.3, 0.4) is 0 Å². The molecule has 0 bridgehead atoms. The summed E-state index contributed by atoms with van der Waals surface area (Å²) in [5, 5.41) is 2.29. The van der Waals surface area contributed by atoms with Crippen LogP contribution in [0.5, 0.6) is 5.75 Å². The number of ether oxygens (including phenoxy) is 1. The van der Waals surface area contributed by atoms with E-state index in [4.69, 9.17) is 4.74 Å². The van der Waals surface area contributed by atoms with E-state index in [0.29, 0.717) is 0 Å². The van der Waals surface area contributed by atoms with Crippen molar-refractivity contribution in [2.45, 2.75) is 5.41 Å². The summed E-state index contributed by atoms with van der Waals surface area (Å²) in [5.74, 6) is 1.79. The zero-order valence-corrected chi connectivity index (χ0v) is 18.7. The summed E-state index contributed by atoms with van der Waals surface area (Å²) in [6.07, 6.45) is 2.00. The number of hydrogen-bond acceptors (Lipinski definition) is 1. The zero-order valence-electron chi connectivity index (χ0n) is 18.7. The molecule has 1 aliphatic carbocycles. The number of hydrogen-bond donors (Lipinski definition) is 0. The maximum atomic E-state index is 6.86. The molecule has 0 aromatic heterocycles. The van der Waals surface area contributed by atoms with Gasteiger partial charge in [-0.3, -0.25) is 0 Å². The molecular weight excluding hydrogens is 412 g/mol. The van der Waals surface area contributed by atoms with Crippen molar-refractivity contribution in [3.63, 3.8) is 0 Å². The van der Waals surface area contributed by atoms with Gasteiger partial charge in [0.15, 0.2) is 0 Å². The van der Waals surface area contributed by atoms with Crippen molar-refractivity contribution in [3.8, 4) is 16.9 Å². The predicted molar refractivity (Wildman–Crippen MR) is 140 cm³/mol. The van der Waals surface area contributed by atoms with E-state index in [0.717, 1.165) is 33.6 Å². The van der Waals surface area contributed by atoms with Crippen LogP contribution in [0.25, 0.3) is 27.7 Å². The van der Waals surface area contributed by atoms with Gasteiger partial charge in [0.2, 0.25) is 0 Å². The smallest absolute Gasteiger partial charge is 0.140 e. The van der Waals surface area contributed by atoms with Crippen molar-refractivity contribution in [1.29, 1.82) is 0 Å². The largest absolute Gasteiger partial charge is 0.455 e. The summed E-state index contributed by atoms with van der Waals surface area (Å²) in [4.78, 5) is 0. The molecule has 1 heteroatoms. The van der Waals surface area contributed by atoms with Crippen molar-refractivity contribution >= 4 is 16.5 Å². The van der Waals surface area contributed by atoms with Crippen LogP contribution in [0, 0.1) is 0 Å². The molecule has 5 aromatic carbocycles. The SMILES string of the molecule is C=CC1=C(c2ccccc2)Oc2c(ccc3ccccc23)C12c1ccccc1-c1ccccc12. The van der Waals surface area contributed by atoms with Crippen LogP contribution < -0.4 is 4.74 Å². The van der Waals surface area contributed by atoms with Crippen LogP contribution >= 0.6 is 0 Å². The second kappa shape index (κ2) is 7.07. The minimum Gasteiger partial charge on any atom is -0.455 e. The minimum atomic E-state index is -0.502. The number of allylic oxidation sites excluding steroid dienone is 2. The van der Waals surface area contributed by atoms with Gasteiger partial charge in [-0.2, -0.15) is 0 Å². The highest BCUT2D eigenvalue weighted by Crippen LogP contribution is 2.62. The fourth-order valence-corrected chi connectivity index (χ4v) is 5.99. The van der Waals surface area contributed by atoms with Gasteiger partial charge in [0, 0.05) is 22.1 Å². The molecule has 7 rings (SSSR count). The first kappa shape index (κ1) is 19.1. The van der Waals surface area contributed by atoms with E-state index < -0.39 is 5.41 Å². The first-order valence-corrected chi connectivity index (χ1v) is 11.7. The lowest BCUT2D eigenvalue weighted by Gasteiger charge is -2.40. The van der Waals surface area contributed by atoms with E-state index in [1.54, 1.807) is 0 Å². The Morgan fingerprint density at radius 3 is 1.91 bits per heavy atom. The van der Waals surface area contributed by atoms with Gasteiger partial charge < -0.3 is 4.74 Å². The first-order valence-electron chi connectivity index (χ1n) is 11.7. The Morgan fingerprint density at radius 1 is 0.588 bits per heavy atom. The Bertz CT molecular complexity index is 1590. The molecule has 0 atom stereocenters. The normalized spacial score (nSPS) is 14.9. The molecular formula is C33H22O. The maximum absolute atomic E-state index is 6.86. The van der Waals surface area contributed by atoms with Crippen molar-refractivity contribution in [2.75, 3.05) is 0 Å². The average molecular weight is 435 g/mol. The molecule has 1 nitrogen and oxygen atoms in total. The summed E-state index contributed by atoms with van der Waals surface area (Å²) in [5.41, 5.74) is 7.89. The number of fused-ring (bicyclic) bond motifs is 9. The fourth-order valence-electron chi connectivity index (χ4n) is 5.99. The van der Waals surface area contributed by atoms with Gasteiger partial charge >= 0.3 is 0 Å². The van der Waals surface area contributed by atoms with E-state index in [2.05, 4.69) is 116 Å². The van der Waals surface area contributed by atoms with E-state index >= 15 is 0 Å². The van der Waals surface area contributed by atoms with Crippen LogP contribution in [-0.4, -0.2) is 0 Å². The predicted octanol–water partition coefficient (Wildman–Crippen LogP) is 8.14. The highest BCUT2D eigenvalue weighted by molar-refractivity contribution is 5.97. The molecule has 160 valence electrons. The lowest BCUT2D eigenvalue weighted by molar-refractivity contribution is 0.476. The molecule has 0 amide bonds.